The third kappa shape index (κ3) is 5.63. The summed E-state index contributed by atoms with van der Waals surface area (Å²) in [6.07, 6.45) is 5.38. The summed E-state index contributed by atoms with van der Waals surface area (Å²) in [4.78, 5) is 10.2. The molecule has 2 N–H and O–H groups in total. The van der Waals surface area contributed by atoms with Crippen LogP contribution in [-0.4, -0.2) is 36.8 Å². The van der Waals surface area contributed by atoms with Crippen molar-refractivity contribution in [1.82, 2.24) is 0 Å². The summed E-state index contributed by atoms with van der Waals surface area (Å²) in [6.45, 7) is 2.25. The fourth-order valence-electron chi connectivity index (χ4n) is 2.50. The molecule has 1 radical (unpaired) electrons. The van der Waals surface area contributed by atoms with Gasteiger partial charge >= 0.3 is 5.97 Å². The number of hydrogen-bond donors (Lipinski definition) is 2. The number of hydrogen-bond acceptors (Lipinski definition) is 4. The van der Waals surface area contributed by atoms with Gasteiger partial charge in [0.25, 0.3) is 0 Å². The molecule has 2 aliphatic rings. The lowest BCUT2D eigenvalue weighted by Crippen LogP contribution is -2.10. The summed E-state index contributed by atoms with van der Waals surface area (Å²) in [5, 5.41) is 17.3. The van der Waals surface area contributed by atoms with Crippen molar-refractivity contribution in [3.63, 3.8) is 0 Å². The molecule has 0 amide bonds. The third-order valence-corrected chi connectivity index (χ3v) is 3.98. The second kappa shape index (κ2) is 8.07. The fraction of sp³-hybridized carbons (Fsp3) is 0.917. The van der Waals surface area contributed by atoms with Crippen LogP contribution >= 0.6 is 11.9 Å². The maximum atomic E-state index is 10.2. The predicted octanol–water partition coefficient (Wildman–Crippen LogP) is 1.89. The van der Waals surface area contributed by atoms with Gasteiger partial charge in [-0.05, 0) is 45.8 Å². The molecule has 4 nitrogen and oxygen atoms in total. The first-order valence-electron chi connectivity index (χ1n) is 7.03. The first-order valence-corrected chi connectivity index (χ1v) is 7.26. The molecular formula is C12H22BO4S. The van der Waals surface area contributed by atoms with Crippen LogP contribution in [0.25, 0.3) is 0 Å². The Balaban J connectivity index is 0.000000191. The molecule has 0 spiro atoms. The molecule has 103 valence electrons. The minimum atomic E-state index is -0.772. The van der Waals surface area contributed by atoms with Crippen LogP contribution in [0, 0.1) is 11.8 Å². The molecule has 2 saturated carbocycles. The van der Waals surface area contributed by atoms with Crippen LogP contribution in [0.15, 0.2) is 0 Å². The van der Waals surface area contributed by atoms with Gasteiger partial charge in [-0.15, -0.1) is 0 Å². The Bertz CT molecular complexity index is 282. The maximum absolute atomic E-state index is 10.2. The Hall–Kier alpha value is -0.195. The zero-order chi connectivity index (χ0) is 14.3. The monoisotopic (exact) mass is 275 g/mol. The highest BCUT2D eigenvalue weighted by Crippen LogP contribution is 2.28. The number of carboxylic acids is 1. The van der Waals surface area contributed by atoms with Crippen LogP contribution in [0.2, 0.25) is 0 Å². The van der Waals surface area contributed by atoms with Gasteiger partial charge in [0, 0.05) is 0 Å². The molecule has 0 aliphatic heterocycles. The Morgan fingerprint density at radius 1 is 1.39 bits per heavy atom. The van der Waals surface area contributed by atoms with Gasteiger partial charge in [-0.25, -0.2) is 0 Å². The molecule has 0 saturated heterocycles. The topological polar surface area (TPSA) is 66.8 Å². The molecule has 0 aromatic carbocycles. The van der Waals surface area contributed by atoms with Gasteiger partial charge in [0.1, 0.15) is 0 Å². The van der Waals surface area contributed by atoms with Gasteiger partial charge in [-0.3, -0.25) is 4.79 Å². The van der Waals surface area contributed by atoms with Crippen LogP contribution in [-0.2, 0) is 8.98 Å². The quantitative estimate of drug-likeness (QED) is 0.606. The first-order chi connectivity index (χ1) is 9.02. The Kier molecular flexibility index (Phi) is 6.38. The summed E-state index contributed by atoms with van der Waals surface area (Å²) in [6, 6.07) is 0. The molecule has 0 bridgehead atoms. The highest BCUT2D eigenvalue weighted by Gasteiger charge is 2.27. The summed E-state index contributed by atoms with van der Waals surface area (Å²) >= 11 is 1.15. The summed E-state index contributed by atoms with van der Waals surface area (Å²) in [5.74, 6) is -0.247. The predicted molar refractivity (Wildman–Crippen MR) is 73.6 cm³/mol. The normalized spacial score (nSPS) is 35.6. The highest BCUT2D eigenvalue weighted by atomic mass is 32.2. The number of carbonyl (C=O) groups is 1. The smallest absolute Gasteiger partial charge is 0.306 e. The van der Waals surface area contributed by atoms with E-state index in [2.05, 4.69) is 6.92 Å². The molecule has 6 heteroatoms. The largest absolute Gasteiger partial charge is 0.481 e. The van der Waals surface area contributed by atoms with Crippen molar-refractivity contribution < 1.29 is 19.2 Å². The lowest BCUT2D eigenvalue weighted by molar-refractivity contribution is -0.141. The van der Waals surface area contributed by atoms with Crippen molar-refractivity contribution in [3.05, 3.63) is 0 Å². The van der Waals surface area contributed by atoms with Gasteiger partial charge in [0.15, 0.2) is 0 Å². The molecule has 2 aliphatic carbocycles. The van der Waals surface area contributed by atoms with E-state index in [1.54, 1.807) is 0 Å². The molecule has 2 fully saturated rings. The SMILES string of the molecule is O=C(O)[C@H]1CC[C@H](O)C1.[3H][B]SO[C@H]1CC[C@H](C)C1. The Labute approximate surface area is 115 Å². The van der Waals surface area contributed by atoms with Gasteiger partial charge in [-0.1, -0.05) is 18.8 Å². The average Bonchev–Trinajstić information content (AvgIpc) is 2.96. The molecule has 0 aromatic heterocycles. The maximum Gasteiger partial charge on any atom is 0.306 e. The van der Waals surface area contributed by atoms with Crippen molar-refractivity contribution in [2.75, 3.05) is 0 Å². The lowest BCUT2D eigenvalue weighted by Gasteiger charge is -2.06. The minimum Gasteiger partial charge on any atom is -0.481 e. The van der Waals surface area contributed by atoms with Gasteiger partial charge in [-0.2, -0.15) is 0 Å². The van der Waals surface area contributed by atoms with E-state index in [1.165, 1.54) is 26.4 Å². The fourth-order valence-corrected chi connectivity index (χ4v) is 2.83. The summed E-state index contributed by atoms with van der Waals surface area (Å²) in [5.41, 5.74) is 0. The van der Waals surface area contributed by atoms with Gasteiger partial charge in [0.05, 0.1) is 18.1 Å². The zero-order valence-electron chi connectivity index (χ0n) is 11.7. The van der Waals surface area contributed by atoms with Crippen LogP contribution in [0.5, 0.6) is 0 Å². The number of carboxylic acid groups (broad SMARTS) is 1. The van der Waals surface area contributed by atoms with Crippen molar-refractivity contribution >= 4 is 25.0 Å². The molecule has 0 aromatic rings. The molecule has 2 rings (SSSR count). The van der Waals surface area contributed by atoms with Crippen LogP contribution in [0.4, 0.5) is 0 Å². The van der Waals surface area contributed by atoms with E-state index in [-0.39, 0.29) is 12.0 Å². The third-order valence-electron chi connectivity index (χ3n) is 3.59. The van der Waals surface area contributed by atoms with E-state index in [9.17, 15) is 4.79 Å². The van der Waals surface area contributed by atoms with E-state index in [0.29, 0.717) is 25.4 Å². The molecule has 0 unspecified atom stereocenters. The van der Waals surface area contributed by atoms with E-state index in [0.717, 1.165) is 17.8 Å². The van der Waals surface area contributed by atoms with E-state index >= 15 is 0 Å². The lowest BCUT2D eigenvalue weighted by atomic mass is 10.1. The van der Waals surface area contributed by atoms with Crippen molar-refractivity contribution in [1.29, 1.82) is 1.34 Å². The molecule has 4 atom stereocenters. The summed E-state index contributed by atoms with van der Waals surface area (Å²) in [7, 11) is 1.24. The Morgan fingerprint density at radius 3 is 2.56 bits per heavy atom. The standard InChI is InChI=1S/C6H12BOS.C6H10O3/c1-5-2-3-6(4-5)8-9-7;7-5-2-1-4(3-5)6(8)9/h5-7H,2-4H2,1H3;4-5,7H,1-3H2,(H,8,9)/t5-,6-;4-,5-/m00/s1/i7T;. The first kappa shape index (κ1) is 14.2. The van der Waals surface area contributed by atoms with Crippen LogP contribution in [0.3, 0.4) is 0 Å². The number of rotatable bonds is 4. The number of aliphatic hydroxyl groups is 1. The molecular weight excluding hydrogens is 251 g/mol. The Morgan fingerprint density at radius 2 is 2.17 bits per heavy atom. The second-order valence-corrected chi connectivity index (χ2v) is 5.62. The zero-order valence-corrected chi connectivity index (χ0v) is 11.6. The van der Waals surface area contributed by atoms with Gasteiger partial charge < -0.3 is 14.4 Å². The summed E-state index contributed by atoms with van der Waals surface area (Å²) < 4.78 is 12.0. The highest BCUT2D eigenvalue weighted by molar-refractivity contribution is 8.15. The van der Waals surface area contributed by atoms with E-state index < -0.39 is 5.97 Å². The average molecular weight is 275 g/mol. The van der Waals surface area contributed by atoms with Crippen molar-refractivity contribution in [2.24, 2.45) is 11.8 Å². The van der Waals surface area contributed by atoms with Gasteiger partial charge in [0.2, 0.25) is 7.09 Å². The van der Waals surface area contributed by atoms with Crippen LogP contribution < -0.4 is 0 Å². The number of aliphatic hydroxyl groups excluding tert-OH is 1. The van der Waals surface area contributed by atoms with E-state index in [1.807, 2.05) is 0 Å². The van der Waals surface area contributed by atoms with E-state index in [4.69, 9.17) is 15.7 Å². The second-order valence-electron chi connectivity index (χ2n) is 5.23. The van der Waals surface area contributed by atoms with Crippen molar-refractivity contribution in [2.45, 2.75) is 57.7 Å². The molecule has 18 heavy (non-hydrogen) atoms. The van der Waals surface area contributed by atoms with Crippen LogP contribution in [0.1, 0.15) is 45.4 Å². The van der Waals surface area contributed by atoms with Crippen molar-refractivity contribution in [3.8, 4) is 0 Å². The minimum absolute atomic E-state index is 0.292. The number of aliphatic carboxylic acids is 1. The molecule has 0 heterocycles.